The van der Waals surface area contributed by atoms with Gasteiger partial charge < -0.3 is 19.9 Å². The second-order valence-corrected chi connectivity index (χ2v) is 6.63. The van der Waals surface area contributed by atoms with E-state index in [1.807, 2.05) is 45.0 Å². The summed E-state index contributed by atoms with van der Waals surface area (Å²) in [5, 5.41) is 0. The number of benzene rings is 1. The molecule has 0 aliphatic carbocycles. The summed E-state index contributed by atoms with van der Waals surface area (Å²) in [6.07, 6.45) is 3.22. The Morgan fingerprint density at radius 1 is 1.07 bits per heavy atom. The first-order valence-electron chi connectivity index (χ1n) is 9.00. The van der Waals surface area contributed by atoms with Crippen molar-refractivity contribution in [1.82, 2.24) is 9.97 Å². The van der Waals surface area contributed by atoms with Gasteiger partial charge in [0, 0.05) is 11.6 Å². The van der Waals surface area contributed by atoms with Crippen LogP contribution in [0.25, 0.3) is 11.4 Å². The van der Waals surface area contributed by atoms with Gasteiger partial charge in [0.1, 0.15) is 13.2 Å². The van der Waals surface area contributed by atoms with Crippen molar-refractivity contribution in [1.29, 1.82) is 0 Å². The van der Waals surface area contributed by atoms with E-state index >= 15 is 0 Å². The van der Waals surface area contributed by atoms with Crippen LogP contribution in [-0.4, -0.2) is 42.4 Å². The van der Waals surface area contributed by atoms with Crippen molar-refractivity contribution in [2.24, 2.45) is 11.7 Å². The van der Waals surface area contributed by atoms with E-state index in [1.165, 1.54) is 0 Å². The highest BCUT2D eigenvalue weighted by molar-refractivity contribution is 5.70. The minimum Gasteiger partial charge on any atom is -0.488 e. The number of hydrogen-bond acceptors (Lipinski definition) is 7. The van der Waals surface area contributed by atoms with Crippen LogP contribution in [0.1, 0.15) is 32.4 Å². The van der Waals surface area contributed by atoms with Crippen molar-refractivity contribution < 1.29 is 19.0 Å². The van der Waals surface area contributed by atoms with E-state index in [9.17, 15) is 4.79 Å². The molecule has 0 amide bonds. The van der Waals surface area contributed by atoms with E-state index in [-0.39, 0.29) is 25.2 Å². The molecule has 2 N–H and O–H groups in total. The predicted molar refractivity (Wildman–Crippen MR) is 102 cm³/mol. The summed E-state index contributed by atoms with van der Waals surface area (Å²) in [4.78, 5) is 20.0. The van der Waals surface area contributed by atoms with Gasteiger partial charge in [0.25, 0.3) is 0 Å². The molecule has 0 fully saturated rings. The lowest BCUT2D eigenvalue weighted by atomic mass is 10.1. The lowest BCUT2D eigenvalue weighted by Gasteiger charge is -2.09. The van der Waals surface area contributed by atoms with Gasteiger partial charge >= 0.3 is 5.97 Å². The second-order valence-electron chi connectivity index (χ2n) is 6.63. The average Bonchev–Trinajstić information content (AvgIpc) is 2.66. The van der Waals surface area contributed by atoms with Gasteiger partial charge in [-0.1, -0.05) is 38.1 Å². The van der Waals surface area contributed by atoms with Crippen molar-refractivity contribution in [3.05, 3.63) is 42.2 Å². The topological polar surface area (TPSA) is 96.6 Å². The van der Waals surface area contributed by atoms with E-state index in [4.69, 9.17) is 19.9 Å². The lowest BCUT2D eigenvalue weighted by Crippen LogP contribution is -2.18. The number of esters is 1. The van der Waals surface area contributed by atoms with Crippen LogP contribution in [0.2, 0.25) is 0 Å². The molecule has 0 saturated heterocycles. The van der Waals surface area contributed by atoms with Crippen molar-refractivity contribution in [3.8, 4) is 17.1 Å². The third-order valence-electron chi connectivity index (χ3n) is 3.62. The van der Waals surface area contributed by atoms with E-state index in [1.54, 1.807) is 12.4 Å². The molecule has 7 nitrogen and oxygen atoms in total. The SMILES string of the molecule is CC(C)COC(=O)COCCOc1cnc(-c2ccc([C@H](C)N)cc2)nc1. The highest BCUT2D eigenvalue weighted by atomic mass is 16.6. The number of carbonyl (C=O) groups excluding carboxylic acids is 1. The summed E-state index contributed by atoms with van der Waals surface area (Å²) >= 11 is 0. The van der Waals surface area contributed by atoms with E-state index in [0.717, 1.165) is 11.1 Å². The maximum atomic E-state index is 11.4. The monoisotopic (exact) mass is 373 g/mol. The molecule has 0 radical (unpaired) electrons. The summed E-state index contributed by atoms with van der Waals surface area (Å²) in [5.74, 6) is 1.09. The predicted octanol–water partition coefficient (Wildman–Crippen LogP) is 2.76. The molecule has 0 unspecified atom stereocenters. The van der Waals surface area contributed by atoms with E-state index < -0.39 is 0 Å². The van der Waals surface area contributed by atoms with Crippen LogP contribution in [0.3, 0.4) is 0 Å². The zero-order chi connectivity index (χ0) is 19.6. The van der Waals surface area contributed by atoms with Gasteiger partial charge in [-0.25, -0.2) is 14.8 Å². The number of ether oxygens (including phenoxy) is 3. The van der Waals surface area contributed by atoms with E-state index in [2.05, 4.69) is 9.97 Å². The van der Waals surface area contributed by atoms with Crippen LogP contribution in [0.4, 0.5) is 0 Å². The summed E-state index contributed by atoms with van der Waals surface area (Å²) in [5.41, 5.74) is 7.82. The number of aromatic nitrogens is 2. The second kappa shape index (κ2) is 10.6. The zero-order valence-corrected chi connectivity index (χ0v) is 16.1. The Morgan fingerprint density at radius 3 is 2.33 bits per heavy atom. The van der Waals surface area contributed by atoms with Gasteiger partial charge in [0.2, 0.25) is 0 Å². The summed E-state index contributed by atoms with van der Waals surface area (Å²) in [6.45, 7) is 6.78. The highest BCUT2D eigenvalue weighted by Crippen LogP contribution is 2.19. The van der Waals surface area contributed by atoms with Crippen LogP contribution in [-0.2, 0) is 14.3 Å². The molecule has 0 aliphatic heterocycles. The van der Waals surface area contributed by atoms with Gasteiger partial charge in [0.05, 0.1) is 25.6 Å². The standard InChI is InChI=1S/C20H27N3O4/c1-14(2)12-27-19(24)13-25-8-9-26-18-10-22-20(23-11-18)17-6-4-16(5-7-17)15(3)21/h4-7,10-11,14-15H,8-9,12-13,21H2,1-3H3/t15-/m0/s1. The Labute approximate surface area is 159 Å². The van der Waals surface area contributed by atoms with Gasteiger partial charge in [-0.15, -0.1) is 0 Å². The Hall–Kier alpha value is -2.51. The number of nitrogens with zero attached hydrogens (tertiary/aromatic N) is 2. The first-order valence-corrected chi connectivity index (χ1v) is 9.00. The summed E-state index contributed by atoms with van der Waals surface area (Å²) in [7, 11) is 0. The molecule has 0 bridgehead atoms. The van der Waals surface area contributed by atoms with Crippen molar-refractivity contribution in [2.45, 2.75) is 26.8 Å². The van der Waals surface area contributed by atoms with Gasteiger partial charge in [-0.2, -0.15) is 0 Å². The van der Waals surface area contributed by atoms with Crippen LogP contribution in [0.15, 0.2) is 36.7 Å². The molecule has 1 aromatic heterocycles. The molecule has 0 spiro atoms. The maximum Gasteiger partial charge on any atom is 0.332 e. The van der Waals surface area contributed by atoms with Gasteiger partial charge in [0.15, 0.2) is 11.6 Å². The fourth-order valence-corrected chi connectivity index (χ4v) is 2.15. The van der Waals surface area contributed by atoms with Crippen molar-refractivity contribution in [2.75, 3.05) is 26.4 Å². The Kier molecular flexibility index (Phi) is 8.16. The molecule has 0 saturated carbocycles. The smallest absolute Gasteiger partial charge is 0.332 e. The summed E-state index contributed by atoms with van der Waals surface area (Å²) < 4.78 is 15.7. The fraction of sp³-hybridized carbons (Fsp3) is 0.450. The fourth-order valence-electron chi connectivity index (χ4n) is 2.15. The molecular formula is C20H27N3O4. The largest absolute Gasteiger partial charge is 0.488 e. The molecule has 2 aromatic rings. The zero-order valence-electron chi connectivity index (χ0n) is 16.1. The number of nitrogens with two attached hydrogens (primary N) is 1. The molecule has 0 aliphatic rings. The van der Waals surface area contributed by atoms with Crippen LogP contribution in [0.5, 0.6) is 5.75 Å². The molecule has 1 atom stereocenters. The van der Waals surface area contributed by atoms with Crippen molar-refractivity contribution >= 4 is 5.97 Å². The summed E-state index contributed by atoms with van der Waals surface area (Å²) in [6, 6.07) is 7.82. The third kappa shape index (κ3) is 7.32. The normalized spacial score (nSPS) is 12.0. The average molecular weight is 373 g/mol. The highest BCUT2D eigenvalue weighted by Gasteiger charge is 2.06. The van der Waals surface area contributed by atoms with Crippen molar-refractivity contribution in [3.63, 3.8) is 0 Å². The van der Waals surface area contributed by atoms with Crippen LogP contribution in [0, 0.1) is 5.92 Å². The third-order valence-corrected chi connectivity index (χ3v) is 3.62. The Morgan fingerprint density at radius 2 is 1.74 bits per heavy atom. The van der Waals surface area contributed by atoms with Gasteiger partial charge in [-0.05, 0) is 18.4 Å². The minimum absolute atomic E-state index is 0.00461. The molecule has 7 heteroatoms. The first kappa shape index (κ1) is 20.8. The molecule has 146 valence electrons. The van der Waals surface area contributed by atoms with E-state index in [0.29, 0.717) is 30.7 Å². The molecule has 1 heterocycles. The number of carbonyl (C=O) groups is 1. The lowest BCUT2D eigenvalue weighted by molar-refractivity contribution is -0.150. The maximum absolute atomic E-state index is 11.4. The molecular weight excluding hydrogens is 346 g/mol. The molecule has 27 heavy (non-hydrogen) atoms. The van der Waals surface area contributed by atoms with Crippen LogP contribution >= 0.6 is 0 Å². The first-order chi connectivity index (χ1) is 13.0. The Balaban J connectivity index is 1.72. The Bertz CT molecular complexity index is 700. The quantitative estimate of drug-likeness (QED) is 0.505. The molecule has 2 rings (SSSR count). The van der Waals surface area contributed by atoms with Crippen LogP contribution < -0.4 is 10.5 Å². The minimum atomic E-state index is -0.369. The van der Waals surface area contributed by atoms with Gasteiger partial charge in [-0.3, -0.25) is 0 Å². The number of hydrogen-bond donors (Lipinski definition) is 1. The number of rotatable bonds is 10. The molecule has 1 aromatic carbocycles.